The number of methoxy groups -OCH3 is 1. The SMILES string of the molecule is COc1cc(C(=O)OCc2cccc3ccccc23)cc(O)c1O. The van der Waals surface area contributed by atoms with Gasteiger partial charge in [-0.05, 0) is 28.5 Å². The predicted molar refractivity (Wildman–Crippen MR) is 89.4 cm³/mol. The van der Waals surface area contributed by atoms with E-state index in [2.05, 4.69) is 0 Å². The van der Waals surface area contributed by atoms with Crippen molar-refractivity contribution in [2.75, 3.05) is 7.11 Å². The quantitative estimate of drug-likeness (QED) is 0.566. The first-order chi connectivity index (χ1) is 11.6. The standard InChI is InChI=1S/C19H16O5/c1-23-17-10-14(9-16(20)18(17)21)19(22)24-11-13-7-4-6-12-5-2-3-8-15(12)13/h2-10,20-21H,11H2,1H3. The Bertz CT molecular complexity index is 896. The van der Waals surface area contributed by atoms with Crippen LogP contribution in [0, 0.1) is 0 Å². The van der Waals surface area contributed by atoms with Gasteiger partial charge in [0.25, 0.3) is 0 Å². The van der Waals surface area contributed by atoms with Gasteiger partial charge < -0.3 is 19.7 Å². The molecule has 0 atom stereocenters. The molecule has 0 aliphatic carbocycles. The molecule has 5 heteroatoms. The Labute approximate surface area is 138 Å². The zero-order valence-electron chi connectivity index (χ0n) is 13.0. The molecular formula is C19H16O5. The van der Waals surface area contributed by atoms with E-state index in [1.165, 1.54) is 13.2 Å². The summed E-state index contributed by atoms with van der Waals surface area (Å²) in [6.45, 7) is 0.101. The molecule has 2 N–H and O–H groups in total. The second-order valence-corrected chi connectivity index (χ2v) is 5.26. The van der Waals surface area contributed by atoms with Crippen molar-refractivity contribution in [3.63, 3.8) is 0 Å². The lowest BCUT2D eigenvalue weighted by Gasteiger charge is -2.10. The molecule has 0 amide bonds. The molecule has 3 rings (SSSR count). The van der Waals surface area contributed by atoms with E-state index < -0.39 is 17.5 Å². The monoisotopic (exact) mass is 324 g/mol. The fourth-order valence-electron chi connectivity index (χ4n) is 2.51. The number of hydrogen-bond donors (Lipinski definition) is 2. The highest BCUT2D eigenvalue weighted by atomic mass is 16.5. The topological polar surface area (TPSA) is 76.0 Å². The Morgan fingerprint density at radius 2 is 1.79 bits per heavy atom. The average Bonchev–Trinajstić information content (AvgIpc) is 2.61. The molecule has 0 bridgehead atoms. The Morgan fingerprint density at radius 1 is 1.04 bits per heavy atom. The lowest BCUT2D eigenvalue weighted by molar-refractivity contribution is 0.0473. The number of phenols is 2. The number of phenolic OH excluding ortho intramolecular Hbond substituents is 2. The fourth-order valence-corrected chi connectivity index (χ4v) is 2.51. The molecule has 0 aliphatic heterocycles. The van der Waals surface area contributed by atoms with Gasteiger partial charge in [-0.3, -0.25) is 0 Å². The number of aromatic hydroxyl groups is 2. The Hall–Kier alpha value is -3.21. The molecule has 0 radical (unpaired) electrons. The van der Waals surface area contributed by atoms with Gasteiger partial charge in [0.15, 0.2) is 11.5 Å². The molecule has 24 heavy (non-hydrogen) atoms. The van der Waals surface area contributed by atoms with Crippen LogP contribution in [0.25, 0.3) is 10.8 Å². The summed E-state index contributed by atoms with van der Waals surface area (Å²) in [7, 11) is 1.33. The maximum Gasteiger partial charge on any atom is 0.338 e. The summed E-state index contributed by atoms with van der Waals surface area (Å²) in [5.41, 5.74) is 0.985. The number of hydrogen-bond acceptors (Lipinski definition) is 5. The second-order valence-electron chi connectivity index (χ2n) is 5.26. The molecule has 0 saturated carbocycles. The van der Waals surface area contributed by atoms with Gasteiger partial charge in [0, 0.05) is 0 Å². The summed E-state index contributed by atoms with van der Waals surface area (Å²) in [5.74, 6) is -1.46. The van der Waals surface area contributed by atoms with Crippen LogP contribution < -0.4 is 4.74 Å². The minimum Gasteiger partial charge on any atom is -0.504 e. The molecule has 122 valence electrons. The summed E-state index contributed by atoms with van der Waals surface area (Å²) in [5, 5.41) is 21.3. The van der Waals surface area contributed by atoms with Gasteiger partial charge >= 0.3 is 5.97 Å². The smallest absolute Gasteiger partial charge is 0.338 e. The zero-order chi connectivity index (χ0) is 17.1. The molecule has 0 unspecified atom stereocenters. The Kier molecular flexibility index (Phi) is 4.24. The van der Waals surface area contributed by atoms with Gasteiger partial charge in [0.1, 0.15) is 6.61 Å². The number of esters is 1. The summed E-state index contributed by atoms with van der Waals surface area (Å²) < 4.78 is 10.2. The molecule has 0 fully saturated rings. The van der Waals surface area contributed by atoms with Crippen LogP contribution >= 0.6 is 0 Å². The van der Waals surface area contributed by atoms with Crippen LogP contribution in [-0.4, -0.2) is 23.3 Å². The number of benzene rings is 3. The van der Waals surface area contributed by atoms with E-state index in [1.54, 1.807) is 0 Å². The van der Waals surface area contributed by atoms with Crippen molar-refractivity contribution in [1.82, 2.24) is 0 Å². The lowest BCUT2D eigenvalue weighted by atomic mass is 10.1. The Balaban J connectivity index is 1.82. The molecule has 0 aliphatic rings. The van der Waals surface area contributed by atoms with Gasteiger partial charge in [-0.1, -0.05) is 42.5 Å². The van der Waals surface area contributed by atoms with Crippen molar-refractivity contribution in [2.45, 2.75) is 6.61 Å². The van der Waals surface area contributed by atoms with E-state index in [0.29, 0.717) is 0 Å². The van der Waals surface area contributed by atoms with Crippen LogP contribution in [0.2, 0.25) is 0 Å². The number of ether oxygens (including phenoxy) is 2. The maximum absolute atomic E-state index is 12.2. The maximum atomic E-state index is 12.2. The number of carbonyl (C=O) groups excluding carboxylic acids is 1. The van der Waals surface area contributed by atoms with E-state index in [1.807, 2.05) is 42.5 Å². The first-order valence-corrected chi connectivity index (χ1v) is 7.34. The van der Waals surface area contributed by atoms with Crippen LogP contribution in [0.5, 0.6) is 17.2 Å². The fraction of sp³-hybridized carbons (Fsp3) is 0.105. The van der Waals surface area contributed by atoms with Gasteiger partial charge in [0.2, 0.25) is 5.75 Å². The zero-order valence-corrected chi connectivity index (χ0v) is 13.0. The molecule has 0 spiro atoms. The highest BCUT2D eigenvalue weighted by Crippen LogP contribution is 2.36. The highest BCUT2D eigenvalue weighted by molar-refractivity contribution is 5.91. The largest absolute Gasteiger partial charge is 0.504 e. The van der Waals surface area contributed by atoms with Crippen molar-refractivity contribution in [3.05, 3.63) is 65.7 Å². The van der Waals surface area contributed by atoms with Crippen LogP contribution in [-0.2, 0) is 11.3 Å². The van der Waals surface area contributed by atoms with Gasteiger partial charge in [-0.25, -0.2) is 4.79 Å². The number of rotatable bonds is 4. The molecule has 3 aromatic carbocycles. The van der Waals surface area contributed by atoms with Gasteiger partial charge in [0.05, 0.1) is 12.7 Å². The third kappa shape index (κ3) is 2.96. The summed E-state index contributed by atoms with van der Waals surface area (Å²) in [6, 6.07) is 16.1. The number of carbonyl (C=O) groups is 1. The van der Waals surface area contributed by atoms with Crippen LogP contribution in [0.15, 0.2) is 54.6 Å². The van der Waals surface area contributed by atoms with Crippen molar-refractivity contribution >= 4 is 16.7 Å². The average molecular weight is 324 g/mol. The van der Waals surface area contributed by atoms with Crippen molar-refractivity contribution in [1.29, 1.82) is 0 Å². The third-order valence-corrected chi connectivity index (χ3v) is 3.75. The van der Waals surface area contributed by atoms with E-state index in [9.17, 15) is 15.0 Å². The highest BCUT2D eigenvalue weighted by Gasteiger charge is 2.16. The minimum absolute atomic E-state index is 0.00658. The molecule has 0 aromatic heterocycles. The van der Waals surface area contributed by atoms with E-state index in [4.69, 9.17) is 9.47 Å². The summed E-state index contributed by atoms with van der Waals surface area (Å²) in [4.78, 5) is 12.2. The molecular weight excluding hydrogens is 308 g/mol. The van der Waals surface area contributed by atoms with Gasteiger partial charge in [-0.15, -0.1) is 0 Å². The Morgan fingerprint density at radius 3 is 2.58 bits per heavy atom. The third-order valence-electron chi connectivity index (χ3n) is 3.75. The van der Waals surface area contributed by atoms with E-state index in [0.717, 1.165) is 22.4 Å². The normalized spacial score (nSPS) is 10.5. The van der Waals surface area contributed by atoms with Crippen LogP contribution in [0.3, 0.4) is 0 Å². The predicted octanol–water partition coefficient (Wildman–Crippen LogP) is 3.62. The van der Waals surface area contributed by atoms with Crippen molar-refractivity contribution < 1.29 is 24.5 Å². The van der Waals surface area contributed by atoms with E-state index >= 15 is 0 Å². The van der Waals surface area contributed by atoms with E-state index in [-0.39, 0.29) is 17.9 Å². The minimum atomic E-state index is -0.614. The van der Waals surface area contributed by atoms with Gasteiger partial charge in [-0.2, -0.15) is 0 Å². The van der Waals surface area contributed by atoms with Crippen LogP contribution in [0.4, 0.5) is 0 Å². The first-order valence-electron chi connectivity index (χ1n) is 7.34. The lowest BCUT2D eigenvalue weighted by Crippen LogP contribution is -2.06. The summed E-state index contributed by atoms with van der Waals surface area (Å²) in [6.07, 6.45) is 0. The molecule has 3 aromatic rings. The number of fused-ring (bicyclic) bond motifs is 1. The van der Waals surface area contributed by atoms with Crippen molar-refractivity contribution in [2.24, 2.45) is 0 Å². The molecule has 5 nitrogen and oxygen atoms in total. The van der Waals surface area contributed by atoms with Crippen molar-refractivity contribution in [3.8, 4) is 17.2 Å². The summed E-state index contributed by atoms with van der Waals surface area (Å²) >= 11 is 0. The molecule has 0 heterocycles. The second kappa shape index (κ2) is 6.50. The first kappa shape index (κ1) is 15.7. The van der Waals surface area contributed by atoms with Crippen LogP contribution in [0.1, 0.15) is 15.9 Å². The molecule has 0 saturated heterocycles.